The van der Waals surface area contributed by atoms with Gasteiger partial charge in [-0.15, -0.1) is 11.3 Å². The van der Waals surface area contributed by atoms with E-state index >= 15 is 0 Å². The standard InChI is InChI=1S/C21H18N4O4S/c1-28-14-7-3-5-12(9-14)19(26)23-18-16-11-17(30-21(16)25-24-18)20(27)22-13-6-4-8-15(10-13)29-2/h3-11H,1-2H3,(H,22,27)(H2,23,24,25,26). The molecule has 2 aromatic heterocycles. The van der Waals surface area contributed by atoms with Gasteiger partial charge in [0.2, 0.25) is 0 Å². The van der Waals surface area contributed by atoms with Crippen molar-refractivity contribution in [3.8, 4) is 11.5 Å². The van der Waals surface area contributed by atoms with E-state index in [1.807, 2.05) is 0 Å². The smallest absolute Gasteiger partial charge is 0.265 e. The molecule has 0 fully saturated rings. The average Bonchev–Trinajstić information content (AvgIpc) is 3.36. The largest absolute Gasteiger partial charge is 0.497 e. The number of hydrogen-bond donors (Lipinski definition) is 3. The first-order valence-electron chi connectivity index (χ1n) is 8.96. The number of amides is 2. The number of thiophene rings is 1. The van der Waals surface area contributed by atoms with Crippen molar-refractivity contribution in [3.63, 3.8) is 0 Å². The van der Waals surface area contributed by atoms with Crippen LogP contribution in [0.2, 0.25) is 0 Å². The Kier molecular flexibility index (Phi) is 5.36. The van der Waals surface area contributed by atoms with E-state index in [1.54, 1.807) is 61.7 Å². The molecule has 0 spiro atoms. The van der Waals surface area contributed by atoms with Crippen LogP contribution in [0.3, 0.4) is 0 Å². The van der Waals surface area contributed by atoms with E-state index in [0.717, 1.165) is 0 Å². The Morgan fingerprint density at radius 3 is 2.43 bits per heavy atom. The Morgan fingerprint density at radius 1 is 0.933 bits per heavy atom. The van der Waals surface area contributed by atoms with Gasteiger partial charge in [-0.2, -0.15) is 5.10 Å². The third kappa shape index (κ3) is 3.96. The van der Waals surface area contributed by atoms with E-state index < -0.39 is 0 Å². The predicted molar refractivity (Wildman–Crippen MR) is 116 cm³/mol. The first kappa shape index (κ1) is 19.5. The van der Waals surface area contributed by atoms with Gasteiger partial charge >= 0.3 is 0 Å². The van der Waals surface area contributed by atoms with Crippen molar-refractivity contribution >= 4 is 44.9 Å². The quantitative estimate of drug-likeness (QED) is 0.433. The molecule has 30 heavy (non-hydrogen) atoms. The zero-order chi connectivity index (χ0) is 21.1. The second-order valence-electron chi connectivity index (χ2n) is 6.30. The van der Waals surface area contributed by atoms with Crippen LogP contribution >= 0.6 is 11.3 Å². The van der Waals surface area contributed by atoms with Crippen LogP contribution in [-0.4, -0.2) is 36.2 Å². The monoisotopic (exact) mass is 422 g/mol. The number of nitrogens with one attached hydrogen (secondary N) is 3. The molecule has 0 saturated heterocycles. The number of rotatable bonds is 6. The number of methoxy groups -OCH3 is 2. The number of carbonyl (C=O) groups is 2. The minimum Gasteiger partial charge on any atom is -0.497 e. The number of benzene rings is 2. The molecule has 0 aliphatic rings. The maximum Gasteiger partial charge on any atom is 0.265 e. The lowest BCUT2D eigenvalue weighted by Crippen LogP contribution is -2.12. The van der Waals surface area contributed by atoms with Crippen molar-refractivity contribution in [1.29, 1.82) is 0 Å². The van der Waals surface area contributed by atoms with Crippen LogP contribution in [0.1, 0.15) is 20.0 Å². The lowest BCUT2D eigenvalue weighted by Gasteiger charge is -2.05. The van der Waals surface area contributed by atoms with E-state index in [0.29, 0.717) is 43.7 Å². The van der Waals surface area contributed by atoms with Crippen LogP contribution < -0.4 is 20.1 Å². The lowest BCUT2D eigenvalue weighted by atomic mass is 10.2. The van der Waals surface area contributed by atoms with Gasteiger partial charge < -0.3 is 20.1 Å². The van der Waals surface area contributed by atoms with Gasteiger partial charge in [0.1, 0.15) is 16.3 Å². The summed E-state index contributed by atoms with van der Waals surface area (Å²) in [7, 11) is 3.11. The predicted octanol–water partition coefficient (Wildman–Crippen LogP) is 4.15. The van der Waals surface area contributed by atoms with Gasteiger partial charge in [-0.05, 0) is 36.4 Å². The van der Waals surface area contributed by atoms with E-state index in [9.17, 15) is 9.59 Å². The molecular formula is C21H18N4O4S. The molecule has 2 heterocycles. The number of anilines is 2. The van der Waals surface area contributed by atoms with Crippen LogP contribution in [0.25, 0.3) is 10.2 Å². The number of ether oxygens (including phenoxy) is 2. The van der Waals surface area contributed by atoms with Crippen LogP contribution in [0.5, 0.6) is 11.5 Å². The summed E-state index contributed by atoms with van der Waals surface area (Å²) in [6.07, 6.45) is 0. The van der Waals surface area contributed by atoms with Crippen molar-refractivity contribution in [2.24, 2.45) is 0 Å². The van der Waals surface area contributed by atoms with Gasteiger partial charge in [-0.1, -0.05) is 12.1 Å². The van der Waals surface area contributed by atoms with Crippen molar-refractivity contribution in [2.75, 3.05) is 24.9 Å². The molecule has 152 valence electrons. The van der Waals surface area contributed by atoms with Crippen molar-refractivity contribution < 1.29 is 19.1 Å². The summed E-state index contributed by atoms with van der Waals surface area (Å²) in [5.41, 5.74) is 1.07. The molecule has 2 amide bonds. The first-order chi connectivity index (χ1) is 14.6. The Balaban J connectivity index is 1.53. The zero-order valence-corrected chi connectivity index (χ0v) is 17.0. The third-order valence-electron chi connectivity index (χ3n) is 4.37. The maximum absolute atomic E-state index is 12.6. The highest BCUT2D eigenvalue weighted by atomic mass is 32.1. The number of aromatic amines is 1. The molecular weight excluding hydrogens is 404 g/mol. The van der Waals surface area contributed by atoms with Crippen LogP contribution in [0.15, 0.2) is 54.6 Å². The summed E-state index contributed by atoms with van der Waals surface area (Å²) in [5.74, 6) is 1.01. The number of nitrogens with zero attached hydrogens (tertiary/aromatic N) is 1. The molecule has 4 rings (SSSR count). The second kappa shape index (κ2) is 8.26. The fourth-order valence-electron chi connectivity index (χ4n) is 2.86. The summed E-state index contributed by atoms with van der Waals surface area (Å²) in [5, 5.41) is 13.3. The summed E-state index contributed by atoms with van der Waals surface area (Å²) in [6.45, 7) is 0. The molecule has 8 nitrogen and oxygen atoms in total. The van der Waals surface area contributed by atoms with Gasteiger partial charge in [-0.25, -0.2) is 0 Å². The van der Waals surface area contributed by atoms with Gasteiger partial charge in [0.15, 0.2) is 5.82 Å². The van der Waals surface area contributed by atoms with E-state index in [-0.39, 0.29) is 11.8 Å². The molecule has 3 N–H and O–H groups in total. The van der Waals surface area contributed by atoms with E-state index in [2.05, 4.69) is 20.8 Å². The second-order valence-corrected chi connectivity index (χ2v) is 7.35. The Morgan fingerprint density at radius 2 is 1.67 bits per heavy atom. The average molecular weight is 422 g/mol. The van der Waals surface area contributed by atoms with Gasteiger partial charge in [0.25, 0.3) is 11.8 Å². The van der Waals surface area contributed by atoms with Gasteiger partial charge in [0, 0.05) is 17.3 Å². The Bertz CT molecular complexity index is 1230. The number of aromatic nitrogens is 2. The van der Waals surface area contributed by atoms with Crippen LogP contribution in [-0.2, 0) is 0 Å². The Labute approximate surface area is 175 Å². The molecule has 9 heteroatoms. The SMILES string of the molecule is COc1cccc(NC(=O)c2cc3c(NC(=O)c4cccc(OC)c4)n[nH]c3s2)c1. The molecule has 0 unspecified atom stereocenters. The minimum atomic E-state index is -0.323. The summed E-state index contributed by atoms with van der Waals surface area (Å²) >= 11 is 1.25. The molecule has 0 atom stereocenters. The molecule has 0 radical (unpaired) electrons. The highest BCUT2D eigenvalue weighted by molar-refractivity contribution is 7.20. The van der Waals surface area contributed by atoms with Crippen molar-refractivity contribution in [2.45, 2.75) is 0 Å². The van der Waals surface area contributed by atoms with Crippen molar-refractivity contribution in [1.82, 2.24) is 10.2 Å². The number of carbonyl (C=O) groups excluding carboxylic acids is 2. The van der Waals surface area contributed by atoms with Gasteiger partial charge in [0.05, 0.1) is 24.5 Å². The summed E-state index contributed by atoms with van der Waals surface area (Å²) in [4.78, 5) is 26.4. The molecule has 2 aromatic carbocycles. The van der Waals surface area contributed by atoms with Crippen molar-refractivity contribution in [3.05, 3.63) is 65.0 Å². The normalized spacial score (nSPS) is 10.6. The number of fused-ring (bicyclic) bond motifs is 1. The first-order valence-corrected chi connectivity index (χ1v) is 9.78. The number of hydrogen-bond acceptors (Lipinski definition) is 6. The van der Waals surface area contributed by atoms with E-state index in [4.69, 9.17) is 9.47 Å². The fourth-order valence-corrected chi connectivity index (χ4v) is 3.76. The highest BCUT2D eigenvalue weighted by Crippen LogP contribution is 2.30. The van der Waals surface area contributed by atoms with E-state index in [1.165, 1.54) is 18.4 Å². The topological polar surface area (TPSA) is 105 Å². The number of H-pyrrole nitrogens is 1. The van der Waals surface area contributed by atoms with Crippen LogP contribution in [0, 0.1) is 0 Å². The van der Waals surface area contributed by atoms with Crippen LogP contribution in [0.4, 0.5) is 11.5 Å². The molecule has 0 aliphatic heterocycles. The Hall–Kier alpha value is -3.85. The zero-order valence-electron chi connectivity index (χ0n) is 16.2. The summed E-state index contributed by atoms with van der Waals surface area (Å²) < 4.78 is 10.3. The maximum atomic E-state index is 12.6. The fraction of sp³-hybridized carbons (Fsp3) is 0.0952. The molecule has 0 bridgehead atoms. The molecule has 0 saturated carbocycles. The summed E-state index contributed by atoms with van der Waals surface area (Å²) in [6, 6.07) is 15.6. The van der Waals surface area contributed by atoms with Gasteiger partial charge in [-0.3, -0.25) is 14.7 Å². The molecule has 0 aliphatic carbocycles. The highest BCUT2D eigenvalue weighted by Gasteiger charge is 2.17. The molecule has 4 aromatic rings. The lowest BCUT2D eigenvalue weighted by molar-refractivity contribution is 0.102. The minimum absolute atomic E-state index is 0.261. The third-order valence-corrected chi connectivity index (χ3v) is 5.41.